The van der Waals surface area contributed by atoms with Crippen LogP contribution in [0.25, 0.3) is 0 Å². The molecule has 2 aromatic rings. The molecule has 0 aliphatic rings. The third-order valence-corrected chi connectivity index (χ3v) is 3.44. The summed E-state index contributed by atoms with van der Waals surface area (Å²) < 4.78 is 1.70. The molecule has 0 unspecified atom stereocenters. The standard InChI is InChI=1S/C12H16N4OS/c1-3-4-13-11-6-14-10(5-15-11)7-16-9(2)8-18-12(16)17/h5-6,8H,3-4,7H2,1-2H3,(H,13,15). The van der Waals surface area contributed by atoms with Gasteiger partial charge in [-0.1, -0.05) is 18.3 Å². The van der Waals surface area contributed by atoms with Crippen LogP contribution in [0.1, 0.15) is 24.7 Å². The number of nitrogens with one attached hydrogen (secondary N) is 1. The summed E-state index contributed by atoms with van der Waals surface area (Å²) in [5, 5.41) is 5.02. The number of nitrogens with zero attached hydrogens (tertiary/aromatic N) is 3. The average molecular weight is 264 g/mol. The molecule has 0 radical (unpaired) electrons. The second kappa shape index (κ2) is 5.77. The molecule has 2 rings (SSSR count). The van der Waals surface area contributed by atoms with Crippen LogP contribution in [0.15, 0.2) is 22.6 Å². The summed E-state index contributed by atoms with van der Waals surface area (Å²) in [6.45, 7) is 5.38. The SMILES string of the molecule is CCCNc1cnc(Cn2c(C)csc2=O)cn1. The first-order valence-electron chi connectivity index (χ1n) is 5.90. The number of thiazole rings is 1. The Morgan fingerprint density at radius 3 is 2.78 bits per heavy atom. The summed E-state index contributed by atoms with van der Waals surface area (Å²) in [7, 11) is 0. The minimum atomic E-state index is 0.0440. The lowest BCUT2D eigenvalue weighted by Gasteiger charge is -2.06. The predicted molar refractivity (Wildman–Crippen MR) is 73.2 cm³/mol. The molecule has 0 saturated carbocycles. The van der Waals surface area contributed by atoms with E-state index < -0.39 is 0 Å². The lowest BCUT2D eigenvalue weighted by atomic mass is 10.4. The summed E-state index contributed by atoms with van der Waals surface area (Å²) >= 11 is 1.21. The predicted octanol–water partition coefficient (Wildman–Crippen LogP) is 1.88. The van der Waals surface area contributed by atoms with Gasteiger partial charge < -0.3 is 5.32 Å². The van der Waals surface area contributed by atoms with Crippen molar-refractivity contribution in [2.75, 3.05) is 11.9 Å². The number of hydrogen-bond donors (Lipinski definition) is 1. The smallest absolute Gasteiger partial charge is 0.307 e. The zero-order chi connectivity index (χ0) is 13.0. The summed E-state index contributed by atoms with van der Waals surface area (Å²) in [5.74, 6) is 0.773. The van der Waals surface area contributed by atoms with Crippen LogP contribution in [0.5, 0.6) is 0 Å². The van der Waals surface area contributed by atoms with Crippen LogP contribution in [0.4, 0.5) is 5.82 Å². The van der Waals surface area contributed by atoms with Gasteiger partial charge in [0, 0.05) is 17.6 Å². The molecular weight excluding hydrogens is 248 g/mol. The van der Waals surface area contributed by atoms with Crippen molar-refractivity contribution in [1.82, 2.24) is 14.5 Å². The van der Waals surface area contributed by atoms with Crippen molar-refractivity contribution >= 4 is 17.2 Å². The van der Waals surface area contributed by atoms with Crippen molar-refractivity contribution in [2.24, 2.45) is 0 Å². The zero-order valence-electron chi connectivity index (χ0n) is 10.5. The molecule has 1 N–H and O–H groups in total. The molecule has 0 aliphatic carbocycles. The molecule has 0 amide bonds. The van der Waals surface area contributed by atoms with E-state index in [4.69, 9.17) is 0 Å². The number of anilines is 1. The van der Waals surface area contributed by atoms with Gasteiger partial charge in [-0.05, 0) is 13.3 Å². The lowest BCUT2D eigenvalue weighted by molar-refractivity contribution is 0.731. The maximum Gasteiger partial charge on any atom is 0.307 e. The Morgan fingerprint density at radius 2 is 2.22 bits per heavy atom. The van der Waals surface area contributed by atoms with E-state index in [1.807, 2.05) is 12.3 Å². The first kappa shape index (κ1) is 12.8. The van der Waals surface area contributed by atoms with Gasteiger partial charge in [0.1, 0.15) is 5.82 Å². The minimum Gasteiger partial charge on any atom is -0.369 e. The van der Waals surface area contributed by atoms with Gasteiger partial charge in [-0.25, -0.2) is 4.98 Å². The van der Waals surface area contributed by atoms with Crippen molar-refractivity contribution in [2.45, 2.75) is 26.8 Å². The Hall–Kier alpha value is -1.69. The highest BCUT2D eigenvalue weighted by Crippen LogP contribution is 2.05. The van der Waals surface area contributed by atoms with Crippen molar-refractivity contribution in [3.63, 3.8) is 0 Å². The number of aromatic nitrogens is 3. The van der Waals surface area contributed by atoms with E-state index in [1.54, 1.807) is 17.0 Å². The normalized spacial score (nSPS) is 10.6. The molecule has 0 saturated heterocycles. The van der Waals surface area contributed by atoms with Gasteiger partial charge in [0.15, 0.2) is 0 Å². The lowest BCUT2D eigenvalue weighted by Crippen LogP contribution is -2.16. The van der Waals surface area contributed by atoms with E-state index in [2.05, 4.69) is 22.2 Å². The Balaban J connectivity index is 2.09. The largest absolute Gasteiger partial charge is 0.369 e. The van der Waals surface area contributed by atoms with Crippen LogP contribution >= 0.6 is 11.3 Å². The van der Waals surface area contributed by atoms with Crippen LogP contribution in [0.3, 0.4) is 0 Å². The first-order valence-corrected chi connectivity index (χ1v) is 6.78. The quantitative estimate of drug-likeness (QED) is 0.895. The topological polar surface area (TPSA) is 59.8 Å². The Morgan fingerprint density at radius 1 is 1.39 bits per heavy atom. The van der Waals surface area contributed by atoms with Gasteiger partial charge in [-0.3, -0.25) is 14.3 Å². The van der Waals surface area contributed by atoms with Gasteiger partial charge in [0.05, 0.1) is 24.6 Å². The fourth-order valence-corrected chi connectivity index (χ4v) is 2.27. The van der Waals surface area contributed by atoms with E-state index in [9.17, 15) is 4.79 Å². The molecular formula is C12H16N4OS. The Kier molecular flexibility index (Phi) is 4.09. The van der Waals surface area contributed by atoms with Gasteiger partial charge in [0.25, 0.3) is 0 Å². The third-order valence-electron chi connectivity index (χ3n) is 2.56. The van der Waals surface area contributed by atoms with Crippen molar-refractivity contribution in [3.8, 4) is 0 Å². The van der Waals surface area contributed by atoms with Crippen molar-refractivity contribution < 1.29 is 0 Å². The summed E-state index contributed by atoms with van der Waals surface area (Å²) in [6, 6.07) is 0. The van der Waals surface area contributed by atoms with E-state index in [0.717, 1.165) is 30.2 Å². The molecule has 0 fully saturated rings. The second-order valence-corrected chi connectivity index (χ2v) is 4.87. The van der Waals surface area contributed by atoms with Gasteiger partial charge in [0.2, 0.25) is 0 Å². The Labute approximate surface area is 110 Å². The van der Waals surface area contributed by atoms with Crippen LogP contribution in [-0.2, 0) is 6.54 Å². The summed E-state index contributed by atoms with van der Waals surface area (Å²) in [5.41, 5.74) is 1.75. The van der Waals surface area contributed by atoms with E-state index in [1.165, 1.54) is 11.3 Å². The van der Waals surface area contributed by atoms with Gasteiger partial charge in [-0.2, -0.15) is 0 Å². The molecule has 6 heteroatoms. The molecule has 5 nitrogen and oxygen atoms in total. The van der Waals surface area contributed by atoms with Crippen LogP contribution in [0, 0.1) is 6.92 Å². The van der Waals surface area contributed by atoms with Gasteiger partial charge >= 0.3 is 4.87 Å². The Bertz CT molecular complexity index is 558. The number of rotatable bonds is 5. The number of aryl methyl sites for hydroxylation is 1. The van der Waals surface area contributed by atoms with E-state index in [-0.39, 0.29) is 4.87 Å². The van der Waals surface area contributed by atoms with Crippen LogP contribution in [-0.4, -0.2) is 21.1 Å². The molecule has 0 aromatic carbocycles. The minimum absolute atomic E-state index is 0.0440. The highest BCUT2D eigenvalue weighted by atomic mass is 32.1. The molecule has 96 valence electrons. The monoisotopic (exact) mass is 264 g/mol. The first-order chi connectivity index (χ1) is 8.70. The molecule has 2 aromatic heterocycles. The highest BCUT2D eigenvalue weighted by molar-refractivity contribution is 7.07. The van der Waals surface area contributed by atoms with E-state index in [0.29, 0.717) is 6.54 Å². The fraction of sp³-hybridized carbons (Fsp3) is 0.417. The van der Waals surface area contributed by atoms with Crippen molar-refractivity contribution in [3.05, 3.63) is 38.8 Å². The van der Waals surface area contributed by atoms with Crippen molar-refractivity contribution in [1.29, 1.82) is 0 Å². The summed E-state index contributed by atoms with van der Waals surface area (Å²) in [6.07, 6.45) is 4.46. The molecule has 18 heavy (non-hydrogen) atoms. The average Bonchev–Trinajstić information content (AvgIpc) is 2.70. The zero-order valence-corrected chi connectivity index (χ0v) is 11.3. The van der Waals surface area contributed by atoms with Crippen LogP contribution in [0.2, 0.25) is 0 Å². The maximum atomic E-state index is 11.6. The third kappa shape index (κ3) is 2.95. The van der Waals surface area contributed by atoms with Gasteiger partial charge in [-0.15, -0.1) is 0 Å². The maximum absolute atomic E-state index is 11.6. The molecule has 2 heterocycles. The van der Waals surface area contributed by atoms with E-state index >= 15 is 0 Å². The second-order valence-electron chi connectivity index (χ2n) is 4.05. The number of hydrogen-bond acceptors (Lipinski definition) is 5. The summed E-state index contributed by atoms with van der Waals surface area (Å²) in [4.78, 5) is 20.2. The molecule has 0 spiro atoms. The molecule has 0 aliphatic heterocycles. The fourth-order valence-electron chi connectivity index (χ4n) is 1.54. The molecule has 0 bridgehead atoms. The van der Waals surface area contributed by atoms with Crippen LogP contribution < -0.4 is 10.2 Å². The highest BCUT2D eigenvalue weighted by Gasteiger charge is 2.04. The molecule has 0 atom stereocenters.